The molecule has 2 aliphatic rings. The summed E-state index contributed by atoms with van der Waals surface area (Å²) in [5, 5.41) is 11.9. The van der Waals surface area contributed by atoms with Gasteiger partial charge in [0.2, 0.25) is 11.8 Å². The number of aliphatic hydroxyl groups excluding tert-OH is 1. The number of primary amides is 1. The van der Waals surface area contributed by atoms with E-state index in [9.17, 15) is 32.7 Å². The molecule has 4 rings (SSSR count). The van der Waals surface area contributed by atoms with E-state index in [-0.39, 0.29) is 29.2 Å². The van der Waals surface area contributed by atoms with Gasteiger partial charge >= 0.3 is 6.18 Å². The van der Waals surface area contributed by atoms with Gasteiger partial charge in [-0.15, -0.1) is 0 Å². The third kappa shape index (κ3) is 6.89. The zero-order valence-electron chi connectivity index (χ0n) is 21.0. The van der Waals surface area contributed by atoms with Gasteiger partial charge in [0.1, 0.15) is 5.82 Å². The van der Waals surface area contributed by atoms with Crippen LogP contribution in [0.25, 0.3) is 0 Å². The first kappa shape index (κ1) is 28.4. The van der Waals surface area contributed by atoms with E-state index in [1.807, 2.05) is 0 Å². The van der Waals surface area contributed by atoms with Gasteiger partial charge in [0, 0.05) is 46.9 Å². The Morgan fingerprint density at radius 3 is 2.38 bits per heavy atom. The lowest BCUT2D eigenvalue weighted by molar-refractivity contribution is -0.146. The Balaban J connectivity index is 1.70. The van der Waals surface area contributed by atoms with Crippen molar-refractivity contribution in [3.8, 4) is 0 Å². The first-order valence-electron chi connectivity index (χ1n) is 12.7. The van der Waals surface area contributed by atoms with Crippen LogP contribution in [0.15, 0.2) is 47.5 Å². The number of alkyl halides is 3. The van der Waals surface area contributed by atoms with Crippen molar-refractivity contribution in [1.29, 1.82) is 0 Å². The topological polar surface area (TPSA) is 122 Å². The van der Waals surface area contributed by atoms with Gasteiger partial charge in [-0.25, -0.2) is 4.39 Å². The highest BCUT2D eigenvalue weighted by molar-refractivity contribution is 6.16. The Morgan fingerprint density at radius 2 is 1.79 bits per heavy atom. The molecular weight excluding hydrogens is 518 g/mol. The van der Waals surface area contributed by atoms with Gasteiger partial charge < -0.3 is 16.2 Å². The smallest absolute Gasteiger partial charge is 0.389 e. The molecule has 0 bridgehead atoms. The first-order valence-corrected chi connectivity index (χ1v) is 12.7. The number of aliphatic imine (C=N–C) groups is 1. The number of fused-ring (bicyclic) bond motifs is 1. The largest absolute Gasteiger partial charge is 0.392 e. The molecule has 0 unspecified atom stereocenters. The SMILES string of the molecule is NC(=O)[C@@H](CC1CC1)[C@@H](CCC(F)(F)F)C(=O)N[C@H]1N=C(c2ccccc2)c2ccc(CO)c(F)c2CC1=O. The zero-order valence-corrected chi connectivity index (χ0v) is 21.0. The maximum atomic E-state index is 15.2. The van der Waals surface area contributed by atoms with E-state index in [4.69, 9.17) is 5.73 Å². The second kappa shape index (κ2) is 11.6. The van der Waals surface area contributed by atoms with Crippen molar-refractivity contribution in [2.24, 2.45) is 28.5 Å². The van der Waals surface area contributed by atoms with Crippen LogP contribution >= 0.6 is 0 Å². The summed E-state index contributed by atoms with van der Waals surface area (Å²) < 4.78 is 54.6. The number of nitrogens with one attached hydrogen (secondary N) is 1. The van der Waals surface area contributed by atoms with E-state index >= 15 is 4.39 Å². The number of hydrogen-bond donors (Lipinski definition) is 3. The molecule has 11 heteroatoms. The quantitative estimate of drug-likeness (QED) is 0.394. The van der Waals surface area contributed by atoms with Gasteiger partial charge in [-0.2, -0.15) is 13.2 Å². The summed E-state index contributed by atoms with van der Waals surface area (Å²) in [4.78, 5) is 43.3. The molecule has 7 nitrogen and oxygen atoms in total. The number of halogens is 4. The van der Waals surface area contributed by atoms with Gasteiger partial charge in [-0.3, -0.25) is 19.4 Å². The summed E-state index contributed by atoms with van der Waals surface area (Å²) in [5.74, 6) is -5.76. The van der Waals surface area contributed by atoms with Crippen molar-refractivity contribution in [2.75, 3.05) is 0 Å². The molecule has 2 aromatic rings. The molecular formula is C28H29F4N3O4. The van der Waals surface area contributed by atoms with E-state index in [1.54, 1.807) is 30.3 Å². The lowest BCUT2D eigenvalue weighted by Gasteiger charge is -2.26. The second-order valence-corrected chi connectivity index (χ2v) is 10.1. The predicted molar refractivity (Wildman–Crippen MR) is 134 cm³/mol. The normalized spacial score (nSPS) is 18.9. The third-order valence-electron chi connectivity index (χ3n) is 7.20. The van der Waals surface area contributed by atoms with Gasteiger partial charge in [0.15, 0.2) is 11.9 Å². The lowest BCUT2D eigenvalue weighted by atomic mass is 9.83. The summed E-state index contributed by atoms with van der Waals surface area (Å²) in [5.41, 5.74) is 6.49. The van der Waals surface area contributed by atoms with Crippen LogP contribution in [0.3, 0.4) is 0 Å². The van der Waals surface area contributed by atoms with Crippen molar-refractivity contribution in [3.05, 3.63) is 70.5 Å². The molecule has 1 aliphatic heterocycles. The number of hydrogen-bond acceptors (Lipinski definition) is 5. The number of carbonyl (C=O) groups is 3. The molecule has 0 radical (unpaired) electrons. The number of ketones is 1. The van der Waals surface area contributed by atoms with Gasteiger partial charge in [-0.1, -0.05) is 55.3 Å². The van der Waals surface area contributed by atoms with E-state index in [2.05, 4.69) is 10.3 Å². The highest BCUT2D eigenvalue weighted by atomic mass is 19.4. The molecule has 4 N–H and O–H groups in total. The standard InChI is InChI=1S/C28H29F4N3O4/c29-23-17(14-36)8-9-18-20(23)13-22(37)26(34-24(18)16-4-2-1-3-5-16)35-27(39)19(10-11-28(30,31)32)21(25(33)38)12-15-6-7-15/h1-5,8-9,15,19,21,26,36H,6-7,10-14H2,(H2,33,38)(H,35,39)/t19-,21+,26-/m1/s1. The molecule has 0 aromatic heterocycles. The van der Waals surface area contributed by atoms with Crippen molar-refractivity contribution in [1.82, 2.24) is 5.32 Å². The molecule has 1 fully saturated rings. The number of nitrogens with two attached hydrogens (primary N) is 1. The Hall–Kier alpha value is -3.60. The molecule has 0 saturated heterocycles. The fourth-order valence-electron chi connectivity index (χ4n) is 4.93. The fourth-order valence-corrected chi connectivity index (χ4v) is 4.93. The van der Waals surface area contributed by atoms with Crippen LogP contribution in [-0.4, -0.2) is 40.8 Å². The molecule has 208 valence electrons. The Kier molecular flexibility index (Phi) is 8.48. The van der Waals surface area contributed by atoms with Crippen LogP contribution in [0.2, 0.25) is 0 Å². The molecule has 3 atom stereocenters. The molecule has 1 aliphatic carbocycles. The summed E-state index contributed by atoms with van der Waals surface area (Å²) in [7, 11) is 0. The predicted octanol–water partition coefficient (Wildman–Crippen LogP) is 3.58. The number of benzene rings is 2. The summed E-state index contributed by atoms with van der Waals surface area (Å²) in [6.45, 7) is -0.596. The monoisotopic (exact) mass is 547 g/mol. The molecule has 0 spiro atoms. The van der Waals surface area contributed by atoms with Crippen LogP contribution in [0.5, 0.6) is 0 Å². The fraction of sp³-hybridized carbons (Fsp3) is 0.429. The highest BCUT2D eigenvalue weighted by Crippen LogP contribution is 2.39. The van der Waals surface area contributed by atoms with Gasteiger partial charge in [0.05, 0.1) is 12.3 Å². The third-order valence-corrected chi connectivity index (χ3v) is 7.20. The lowest BCUT2D eigenvalue weighted by Crippen LogP contribution is -2.47. The van der Waals surface area contributed by atoms with Crippen LogP contribution in [-0.2, 0) is 27.4 Å². The van der Waals surface area contributed by atoms with E-state index in [0.717, 1.165) is 12.8 Å². The van der Waals surface area contributed by atoms with Crippen LogP contribution in [0.4, 0.5) is 17.6 Å². The number of rotatable bonds is 10. The average molecular weight is 548 g/mol. The van der Waals surface area contributed by atoms with Crippen molar-refractivity contribution >= 4 is 23.3 Å². The number of aliphatic hydroxyl groups is 1. The summed E-state index contributed by atoms with van der Waals surface area (Å²) >= 11 is 0. The number of amides is 2. The summed E-state index contributed by atoms with van der Waals surface area (Å²) in [6.07, 6.45) is -6.80. The van der Waals surface area contributed by atoms with Crippen molar-refractivity contribution in [2.45, 2.75) is 57.5 Å². The van der Waals surface area contributed by atoms with Crippen LogP contribution in [0.1, 0.15) is 54.4 Å². The van der Waals surface area contributed by atoms with E-state index in [0.29, 0.717) is 11.1 Å². The maximum Gasteiger partial charge on any atom is 0.389 e. The Bertz CT molecular complexity index is 1280. The van der Waals surface area contributed by atoms with Crippen LogP contribution < -0.4 is 11.1 Å². The Morgan fingerprint density at radius 1 is 1.10 bits per heavy atom. The Labute approximate surface area is 222 Å². The van der Waals surface area contributed by atoms with Gasteiger partial charge in [0.25, 0.3) is 0 Å². The number of nitrogens with zero attached hydrogens (tertiary/aromatic N) is 1. The highest BCUT2D eigenvalue weighted by Gasteiger charge is 2.41. The maximum absolute atomic E-state index is 15.2. The van der Waals surface area contributed by atoms with Gasteiger partial charge in [-0.05, 0) is 18.8 Å². The second-order valence-electron chi connectivity index (χ2n) is 10.1. The minimum Gasteiger partial charge on any atom is -0.392 e. The van der Waals surface area contributed by atoms with Crippen LogP contribution in [0, 0.1) is 23.6 Å². The molecule has 2 amide bonds. The van der Waals surface area contributed by atoms with E-state index < -0.39 is 73.5 Å². The number of Topliss-reactive ketones (excluding diaryl/α,β-unsaturated/α-hetero) is 1. The van der Waals surface area contributed by atoms with Crippen molar-refractivity contribution in [3.63, 3.8) is 0 Å². The zero-order chi connectivity index (χ0) is 28.3. The number of carbonyl (C=O) groups excluding carboxylic acids is 3. The molecule has 1 heterocycles. The molecule has 39 heavy (non-hydrogen) atoms. The van der Waals surface area contributed by atoms with E-state index in [1.165, 1.54) is 12.1 Å². The van der Waals surface area contributed by atoms with Crippen molar-refractivity contribution < 1.29 is 37.1 Å². The average Bonchev–Trinajstić information content (AvgIpc) is 3.72. The molecule has 1 saturated carbocycles. The summed E-state index contributed by atoms with van der Waals surface area (Å²) in [6, 6.07) is 11.4. The first-order chi connectivity index (χ1) is 18.5. The molecule has 2 aromatic carbocycles. The minimum absolute atomic E-state index is 0.0109. The minimum atomic E-state index is -4.57.